The number of nitrogens with zero attached hydrogens (tertiary/aromatic N) is 5. The van der Waals surface area contributed by atoms with E-state index in [0.29, 0.717) is 12.0 Å². The Hall–Kier alpha value is -3.87. The second-order valence-electron chi connectivity index (χ2n) is 7.47. The molecule has 7 nitrogen and oxygen atoms in total. The van der Waals surface area contributed by atoms with Crippen LogP contribution in [0.25, 0.3) is 16.8 Å². The molecule has 0 aliphatic carbocycles. The van der Waals surface area contributed by atoms with Gasteiger partial charge < -0.3 is 5.32 Å². The Balaban J connectivity index is 1.74. The highest BCUT2D eigenvalue weighted by Crippen LogP contribution is 2.25. The van der Waals surface area contributed by atoms with E-state index in [1.807, 2.05) is 51.1 Å². The zero-order valence-corrected chi connectivity index (χ0v) is 17.8. The smallest absolute Gasteiger partial charge is 0.251 e. The molecule has 2 aromatic heterocycles. The van der Waals surface area contributed by atoms with Crippen LogP contribution in [0.3, 0.4) is 0 Å². The molecule has 0 bridgehead atoms. The Morgan fingerprint density at radius 1 is 1.03 bits per heavy atom. The van der Waals surface area contributed by atoms with Crippen LogP contribution in [0.5, 0.6) is 0 Å². The van der Waals surface area contributed by atoms with Crippen molar-refractivity contribution in [2.75, 3.05) is 0 Å². The maximum atomic E-state index is 13.2. The van der Waals surface area contributed by atoms with Crippen LogP contribution < -0.4 is 5.32 Å². The van der Waals surface area contributed by atoms with E-state index in [1.54, 1.807) is 17.1 Å². The topological polar surface area (TPSA) is 85.6 Å². The molecule has 0 radical (unpaired) electrons. The molecule has 1 unspecified atom stereocenters. The van der Waals surface area contributed by atoms with Crippen LogP contribution in [0, 0.1) is 6.92 Å². The molecule has 0 saturated carbocycles. The third kappa shape index (κ3) is 4.50. The molecular weight excluding hydrogens is 388 g/mol. The fourth-order valence-electron chi connectivity index (χ4n) is 3.42. The number of carbonyl (C=O) groups is 1. The predicted octanol–water partition coefficient (Wildman–Crippen LogP) is 4.09. The molecule has 1 atom stereocenters. The molecule has 0 aliphatic rings. The summed E-state index contributed by atoms with van der Waals surface area (Å²) in [5, 5.41) is 15.1. The lowest BCUT2D eigenvalue weighted by Crippen LogP contribution is -2.26. The largest absolute Gasteiger partial charge is 0.346 e. The Morgan fingerprint density at radius 3 is 2.48 bits per heavy atom. The minimum absolute atomic E-state index is 0.152. The van der Waals surface area contributed by atoms with Gasteiger partial charge in [-0.05, 0) is 71.3 Å². The summed E-state index contributed by atoms with van der Waals surface area (Å²) in [6, 6.07) is 17.6. The van der Waals surface area contributed by atoms with Gasteiger partial charge in [0.2, 0.25) is 0 Å². The number of hydrogen-bond acceptors (Lipinski definition) is 5. The van der Waals surface area contributed by atoms with Crippen molar-refractivity contribution in [1.29, 1.82) is 0 Å². The first-order valence-electron chi connectivity index (χ1n) is 10.3. The van der Waals surface area contributed by atoms with Gasteiger partial charge in [-0.15, -0.1) is 5.10 Å². The minimum Gasteiger partial charge on any atom is -0.346 e. The summed E-state index contributed by atoms with van der Waals surface area (Å²) in [4.78, 5) is 17.2. The van der Waals surface area contributed by atoms with Gasteiger partial charge in [0.05, 0.1) is 11.7 Å². The van der Waals surface area contributed by atoms with Gasteiger partial charge in [0, 0.05) is 24.4 Å². The van der Waals surface area contributed by atoms with E-state index in [4.69, 9.17) is 0 Å². The summed E-state index contributed by atoms with van der Waals surface area (Å²) in [6.07, 6.45) is 4.12. The van der Waals surface area contributed by atoms with Gasteiger partial charge in [0.1, 0.15) is 0 Å². The van der Waals surface area contributed by atoms with Crippen molar-refractivity contribution < 1.29 is 4.79 Å². The summed E-state index contributed by atoms with van der Waals surface area (Å²) in [7, 11) is 0. The van der Waals surface area contributed by atoms with Crippen molar-refractivity contribution in [2.24, 2.45) is 0 Å². The SMILES string of the molecule is CCc1nnnn1-c1cc(C(=O)NC(C)c2ccncc2)cc(-c2ccc(C)cc2)c1. The zero-order chi connectivity index (χ0) is 21.8. The first-order valence-corrected chi connectivity index (χ1v) is 10.3. The highest BCUT2D eigenvalue weighted by Gasteiger charge is 2.16. The predicted molar refractivity (Wildman–Crippen MR) is 119 cm³/mol. The number of carbonyl (C=O) groups excluding carboxylic acids is 1. The quantitative estimate of drug-likeness (QED) is 0.516. The normalized spacial score (nSPS) is 11.8. The van der Waals surface area contributed by atoms with E-state index in [9.17, 15) is 4.79 Å². The van der Waals surface area contributed by atoms with Gasteiger partial charge in [-0.3, -0.25) is 9.78 Å². The Morgan fingerprint density at radius 2 is 1.77 bits per heavy atom. The van der Waals surface area contributed by atoms with Crippen LogP contribution >= 0.6 is 0 Å². The van der Waals surface area contributed by atoms with E-state index in [0.717, 1.165) is 28.2 Å². The van der Waals surface area contributed by atoms with Crippen LogP contribution in [-0.2, 0) is 6.42 Å². The second-order valence-corrected chi connectivity index (χ2v) is 7.47. The van der Waals surface area contributed by atoms with Crippen LogP contribution in [0.4, 0.5) is 0 Å². The fourth-order valence-corrected chi connectivity index (χ4v) is 3.42. The Bertz CT molecular complexity index is 1180. The lowest BCUT2D eigenvalue weighted by atomic mass is 10.00. The number of aromatic nitrogens is 5. The maximum Gasteiger partial charge on any atom is 0.251 e. The number of benzene rings is 2. The average molecular weight is 412 g/mol. The molecule has 2 heterocycles. The summed E-state index contributed by atoms with van der Waals surface area (Å²) in [5.74, 6) is 0.572. The molecule has 31 heavy (non-hydrogen) atoms. The lowest BCUT2D eigenvalue weighted by molar-refractivity contribution is 0.0940. The van der Waals surface area contributed by atoms with E-state index >= 15 is 0 Å². The molecule has 0 spiro atoms. The molecule has 156 valence electrons. The number of pyridine rings is 1. The Kier molecular flexibility index (Phi) is 5.84. The van der Waals surface area contributed by atoms with Gasteiger partial charge in [0.25, 0.3) is 5.91 Å². The van der Waals surface area contributed by atoms with Crippen LogP contribution in [0.1, 0.15) is 47.2 Å². The molecule has 2 aromatic carbocycles. The third-order valence-electron chi connectivity index (χ3n) is 5.21. The number of amides is 1. The standard InChI is InChI=1S/C24H24N6O/c1-4-23-27-28-29-30(23)22-14-20(19-7-5-16(2)6-8-19)13-21(15-22)24(31)26-17(3)18-9-11-25-12-10-18/h5-15,17H,4H2,1-3H3,(H,26,31). The van der Waals surface area contributed by atoms with Crippen molar-refractivity contribution in [1.82, 2.24) is 30.5 Å². The number of tetrazole rings is 1. The summed E-state index contributed by atoms with van der Waals surface area (Å²) < 4.78 is 1.68. The van der Waals surface area contributed by atoms with Crippen molar-refractivity contribution in [2.45, 2.75) is 33.2 Å². The summed E-state index contributed by atoms with van der Waals surface area (Å²) in [6.45, 7) is 6.00. The van der Waals surface area contributed by atoms with Crippen molar-refractivity contribution in [3.05, 3.63) is 89.5 Å². The summed E-state index contributed by atoms with van der Waals surface area (Å²) in [5.41, 5.74) is 5.42. The van der Waals surface area contributed by atoms with Crippen molar-refractivity contribution in [3.63, 3.8) is 0 Å². The first-order chi connectivity index (χ1) is 15.0. The molecule has 0 fully saturated rings. The monoisotopic (exact) mass is 412 g/mol. The molecular formula is C24H24N6O. The molecule has 4 aromatic rings. The average Bonchev–Trinajstić information content (AvgIpc) is 3.29. The maximum absolute atomic E-state index is 13.2. The highest BCUT2D eigenvalue weighted by atomic mass is 16.1. The Labute approximate surface area is 181 Å². The van der Waals surface area contributed by atoms with Crippen molar-refractivity contribution >= 4 is 5.91 Å². The van der Waals surface area contributed by atoms with Crippen molar-refractivity contribution in [3.8, 4) is 16.8 Å². The van der Waals surface area contributed by atoms with E-state index < -0.39 is 0 Å². The van der Waals surface area contributed by atoms with Gasteiger partial charge >= 0.3 is 0 Å². The molecule has 7 heteroatoms. The number of hydrogen-bond donors (Lipinski definition) is 1. The van der Waals surface area contributed by atoms with Crippen LogP contribution in [-0.4, -0.2) is 31.1 Å². The molecule has 1 amide bonds. The molecule has 1 N–H and O–H groups in total. The zero-order valence-electron chi connectivity index (χ0n) is 17.8. The van der Waals surface area contributed by atoms with Gasteiger partial charge in [-0.1, -0.05) is 36.8 Å². The van der Waals surface area contributed by atoms with Gasteiger partial charge in [0.15, 0.2) is 5.82 Å². The van der Waals surface area contributed by atoms with E-state index in [2.05, 4.69) is 50.1 Å². The fraction of sp³-hybridized carbons (Fsp3) is 0.208. The summed E-state index contributed by atoms with van der Waals surface area (Å²) >= 11 is 0. The number of rotatable bonds is 6. The van der Waals surface area contributed by atoms with E-state index in [1.165, 1.54) is 5.56 Å². The minimum atomic E-state index is -0.161. The number of aryl methyl sites for hydroxylation is 2. The lowest BCUT2D eigenvalue weighted by Gasteiger charge is -2.16. The van der Waals surface area contributed by atoms with E-state index in [-0.39, 0.29) is 11.9 Å². The molecule has 0 saturated heterocycles. The van der Waals surface area contributed by atoms with Crippen LogP contribution in [0.15, 0.2) is 67.0 Å². The van der Waals surface area contributed by atoms with Gasteiger partial charge in [-0.25, -0.2) is 0 Å². The van der Waals surface area contributed by atoms with Gasteiger partial charge in [-0.2, -0.15) is 4.68 Å². The third-order valence-corrected chi connectivity index (χ3v) is 5.21. The molecule has 0 aliphatic heterocycles. The number of nitrogens with one attached hydrogen (secondary N) is 1. The first kappa shape index (κ1) is 20.4. The van der Waals surface area contributed by atoms with Crippen LogP contribution in [0.2, 0.25) is 0 Å². The second kappa shape index (κ2) is 8.87. The molecule has 4 rings (SSSR count). The highest BCUT2D eigenvalue weighted by molar-refractivity contribution is 5.96.